The van der Waals surface area contributed by atoms with Gasteiger partial charge in [0.1, 0.15) is 0 Å². The summed E-state index contributed by atoms with van der Waals surface area (Å²) in [6, 6.07) is 17.1. The lowest BCUT2D eigenvalue weighted by atomic mass is 10.2. The highest BCUT2D eigenvalue weighted by molar-refractivity contribution is 7.92. The molecule has 0 bridgehead atoms. The minimum absolute atomic E-state index is 0.0294. The molecule has 11 nitrogen and oxygen atoms in total. The SMILES string of the molecule is O=C(O)c1cccc(Nc2nc3ccccc3nc2NS(=O)(=O)c2ccc([N+](=O)[O-])cc2)c1. The molecule has 3 N–H and O–H groups in total. The number of hydrogen-bond donors (Lipinski definition) is 3. The van der Waals surface area contributed by atoms with Crippen molar-refractivity contribution in [1.29, 1.82) is 0 Å². The summed E-state index contributed by atoms with van der Waals surface area (Å²) in [5.41, 5.74) is 1.04. The smallest absolute Gasteiger partial charge is 0.335 e. The number of aromatic carboxylic acids is 1. The summed E-state index contributed by atoms with van der Waals surface area (Å²) in [5, 5.41) is 23.0. The Kier molecular flexibility index (Phi) is 5.58. The van der Waals surface area contributed by atoms with Crippen molar-refractivity contribution < 1.29 is 23.2 Å². The summed E-state index contributed by atoms with van der Waals surface area (Å²) >= 11 is 0. The number of rotatable bonds is 7. The van der Waals surface area contributed by atoms with Crippen LogP contribution in [0.5, 0.6) is 0 Å². The van der Waals surface area contributed by atoms with E-state index in [2.05, 4.69) is 20.0 Å². The molecule has 0 aliphatic rings. The second-order valence-corrected chi connectivity index (χ2v) is 8.46. The number of nitrogens with one attached hydrogen (secondary N) is 2. The highest BCUT2D eigenvalue weighted by atomic mass is 32.2. The second-order valence-electron chi connectivity index (χ2n) is 6.78. The zero-order valence-electron chi connectivity index (χ0n) is 16.7. The predicted molar refractivity (Wildman–Crippen MR) is 120 cm³/mol. The second kappa shape index (κ2) is 8.51. The molecular formula is C21H15N5O6S. The molecule has 0 fully saturated rings. The van der Waals surface area contributed by atoms with E-state index in [4.69, 9.17) is 0 Å². The minimum atomic E-state index is -4.17. The van der Waals surface area contributed by atoms with Gasteiger partial charge >= 0.3 is 5.97 Å². The van der Waals surface area contributed by atoms with Gasteiger partial charge in [0.15, 0.2) is 11.6 Å². The molecule has 0 radical (unpaired) electrons. The van der Waals surface area contributed by atoms with Crippen LogP contribution in [0.25, 0.3) is 11.0 Å². The molecule has 0 spiro atoms. The van der Waals surface area contributed by atoms with Crippen molar-refractivity contribution in [3.8, 4) is 0 Å². The highest BCUT2D eigenvalue weighted by Gasteiger charge is 2.20. The third-order valence-electron chi connectivity index (χ3n) is 4.53. The maximum absolute atomic E-state index is 12.9. The number of non-ortho nitro benzene ring substituents is 1. The first-order valence-electron chi connectivity index (χ1n) is 9.37. The Bertz CT molecular complexity index is 1490. The van der Waals surface area contributed by atoms with Crippen molar-refractivity contribution in [1.82, 2.24) is 9.97 Å². The Morgan fingerprint density at radius 1 is 0.909 bits per heavy atom. The summed E-state index contributed by atoms with van der Waals surface area (Å²) < 4.78 is 28.2. The number of nitro groups is 1. The average Bonchev–Trinajstić information content (AvgIpc) is 2.79. The largest absolute Gasteiger partial charge is 0.478 e. The molecule has 33 heavy (non-hydrogen) atoms. The molecule has 166 valence electrons. The molecule has 4 aromatic rings. The first kappa shape index (κ1) is 21.6. The average molecular weight is 465 g/mol. The number of carbonyl (C=O) groups is 1. The Balaban J connectivity index is 1.75. The Hall–Kier alpha value is -4.58. The summed E-state index contributed by atoms with van der Waals surface area (Å²) in [7, 11) is -4.17. The third-order valence-corrected chi connectivity index (χ3v) is 5.89. The van der Waals surface area contributed by atoms with Gasteiger partial charge < -0.3 is 10.4 Å². The fraction of sp³-hybridized carbons (Fsp3) is 0. The van der Waals surface area contributed by atoms with E-state index < -0.39 is 20.9 Å². The van der Waals surface area contributed by atoms with Gasteiger partial charge in [-0.3, -0.25) is 14.8 Å². The van der Waals surface area contributed by atoms with E-state index in [0.29, 0.717) is 16.7 Å². The molecule has 1 heterocycles. The lowest BCUT2D eigenvalue weighted by molar-refractivity contribution is -0.384. The van der Waals surface area contributed by atoms with Gasteiger partial charge in [0.25, 0.3) is 15.7 Å². The quantitative estimate of drug-likeness (QED) is 0.272. The number of para-hydroxylation sites is 2. The van der Waals surface area contributed by atoms with Crippen LogP contribution in [0, 0.1) is 10.1 Å². The van der Waals surface area contributed by atoms with E-state index in [1.807, 2.05) is 0 Å². The zero-order chi connectivity index (χ0) is 23.6. The molecule has 1 aromatic heterocycles. The number of carboxylic acids is 1. The van der Waals surface area contributed by atoms with Crippen LogP contribution >= 0.6 is 0 Å². The number of carboxylic acid groups (broad SMARTS) is 1. The maximum atomic E-state index is 12.9. The standard InChI is InChI=1S/C21H15N5O6S/c27-21(28)13-4-3-5-14(12-13)22-19-20(24-18-7-2-1-6-17(18)23-19)25-33(31,32)16-10-8-15(9-11-16)26(29)30/h1-12H,(H,22,23)(H,24,25)(H,27,28). The van der Waals surface area contributed by atoms with Gasteiger partial charge in [0.05, 0.1) is 26.4 Å². The normalized spacial score (nSPS) is 11.2. The molecule has 3 aromatic carbocycles. The first-order chi connectivity index (χ1) is 15.7. The van der Waals surface area contributed by atoms with Gasteiger partial charge in [0.2, 0.25) is 0 Å². The van der Waals surface area contributed by atoms with Crippen molar-refractivity contribution >= 4 is 50.0 Å². The molecule has 4 rings (SSSR count). The maximum Gasteiger partial charge on any atom is 0.335 e. The van der Waals surface area contributed by atoms with Crippen molar-refractivity contribution in [2.45, 2.75) is 4.90 Å². The van der Waals surface area contributed by atoms with E-state index >= 15 is 0 Å². The number of benzene rings is 3. The summed E-state index contributed by atoms with van der Waals surface area (Å²) in [6.45, 7) is 0. The first-order valence-corrected chi connectivity index (χ1v) is 10.9. The van der Waals surface area contributed by atoms with Gasteiger partial charge in [-0.25, -0.2) is 23.2 Å². The number of nitrogens with zero attached hydrogens (tertiary/aromatic N) is 3. The van der Waals surface area contributed by atoms with Crippen molar-refractivity contribution in [3.63, 3.8) is 0 Å². The van der Waals surface area contributed by atoms with Crippen molar-refractivity contribution in [2.75, 3.05) is 10.0 Å². The number of nitro benzene ring substituents is 1. The van der Waals surface area contributed by atoms with E-state index in [9.17, 15) is 28.4 Å². The molecule has 0 aliphatic carbocycles. The lowest BCUT2D eigenvalue weighted by Crippen LogP contribution is -2.16. The van der Waals surface area contributed by atoms with E-state index in [1.54, 1.807) is 30.3 Å². The topological polar surface area (TPSA) is 164 Å². The molecule has 0 saturated heterocycles. The Morgan fingerprint density at radius 3 is 2.15 bits per heavy atom. The lowest BCUT2D eigenvalue weighted by Gasteiger charge is -2.14. The van der Waals surface area contributed by atoms with Crippen molar-refractivity contribution in [2.24, 2.45) is 0 Å². The number of aromatic nitrogens is 2. The Morgan fingerprint density at radius 2 is 1.55 bits per heavy atom. The summed E-state index contributed by atoms with van der Waals surface area (Å²) in [4.78, 5) is 30.0. The van der Waals surface area contributed by atoms with Crippen LogP contribution in [-0.2, 0) is 10.0 Å². The minimum Gasteiger partial charge on any atom is -0.478 e. The van der Waals surface area contributed by atoms with Crippen LogP contribution in [0.3, 0.4) is 0 Å². The molecule has 0 unspecified atom stereocenters. The van der Waals surface area contributed by atoms with Gasteiger partial charge in [-0.05, 0) is 42.5 Å². The van der Waals surface area contributed by atoms with Gasteiger partial charge in [-0.1, -0.05) is 18.2 Å². The van der Waals surface area contributed by atoms with Crippen LogP contribution < -0.4 is 10.0 Å². The Labute approximate surface area is 187 Å². The molecule has 0 saturated carbocycles. The van der Waals surface area contributed by atoms with E-state index in [1.165, 1.54) is 18.2 Å². The number of sulfonamides is 1. The summed E-state index contributed by atoms with van der Waals surface area (Å²) in [6.07, 6.45) is 0. The van der Waals surface area contributed by atoms with Crippen molar-refractivity contribution in [3.05, 3.63) is 88.5 Å². The number of fused-ring (bicyclic) bond motifs is 1. The fourth-order valence-corrected chi connectivity index (χ4v) is 3.97. The molecule has 12 heteroatoms. The van der Waals surface area contributed by atoms with Crippen LogP contribution in [0.1, 0.15) is 10.4 Å². The van der Waals surface area contributed by atoms with Crippen LogP contribution in [0.2, 0.25) is 0 Å². The monoisotopic (exact) mass is 465 g/mol. The van der Waals surface area contributed by atoms with Crippen LogP contribution in [0.4, 0.5) is 23.0 Å². The summed E-state index contributed by atoms with van der Waals surface area (Å²) in [5.74, 6) is -1.21. The molecule has 0 aliphatic heterocycles. The van der Waals surface area contributed by atoms with Gasteiger partial charge in [-0.15, -0.1) is 0 Å². The zero-order valence-corrected chi connectivity index (χ0v) is 17.5. The molecular weight excluding hydrogens is 450 g/mol. The highest BCUT2D eigenvalue weighted by Crippen LogP contribution is 2.28. The van der Waals surface area contributed by atoms with Crippen LogP contribution in [0.15, 0.2) is 77.7 Å². The number of hydrogen-bond acceptors (Lipinski definition) is 8. The molecule has 0 atom stereocenters. The number of anilines is 3. The predicted octanol–water partition coefficient (Wildman–Crippen LogP) is 3.78. The van der Waals surface area contributed by atoms with E-state index in [-0.39, 0.29) is 27.8 Å². The third kappa shape index (κ3) is 4.70. The van der Waals surface area contributed by atoms with E-state index in [0.717, 1.165) is 24.3 Å². The van der Waals surface area contributed by atoms with Crippen LogP contribution in [-0.4, -0.2) is 34.4 Å². The fourth-order valence-electron chi connectivity index (χ4n) is 2.96. The molecule has 0 amide bonds. The van der Waals surface area contributed by atoms with Gasteiger partial charge in [0, 0.05) is 17.8 Å². The van der Waals surface area contributed by atoms with Gasteiger partial charge in [-0.2, -0.15) is 0 Å².